The Kier molecular flexibility index (Phi) is 8.04. The maximum Gasteiger partial charge on any atom is 0.409 e. The van der Waals surface area contributed by atoms with Crippen molar-refractivity contribution in [2.45, 2.75) is 57.2 Å². The Hall–Kier alpha value is -2.64. The van der Waals surface area contributed by atoms with Gasteiger partial charge in [-0.3, -0.25) is 4.99 Å². The quantitative estimate of drug-likeness (QED) is 0.546. The van der Waals surface area contributed by atoms with E-state index in [1.165, 1.54) is 20.0 Å². The van der Waals surface area contributed by atoms with E-state index in [-0.39, 0.29) is 18.2 Å². The molecular formula is C22H34N4O4. The molecule has 2 N–H and O–H groups in total. The van der Waals surface area contributed by atoms with Crippen molar-refractivity contribution in [2.24, 2.45) is 4.99 Å². The first kappa shape index (κ1) is 22.1. The van der Waals surface area contributed by atoms with Crippen LogP contribution >= 0.6 is 0 Å². The van der Waals surface area contributed by atoms with Crippen LogP contribution in [-0.4, -0.2) is 63.5 Å². The molecule has 0 aromatic heterocycles. The first-order valence-corrected chi connectivity index (χ1v) is 10.8. The highest BCUT2D eigenvalue weighted by molar-refractivity contribution is 5.80. The molecule has 0 radical (unpaired) electrons. The molecule has 2 aliphatic rings. The molecule has 8 heteroatoms. The molecule has 1 heterocycles. The van der Waals surface area contributed by atoms with Crippen LogP contribution in [0.1, 0.15) is 44.1 Å². The molecule has 166 valence electrons. The maximum absolute atomic E-state index is 11.6. The number of guanidine groups is 1. The predicted octanol–water partition coefficient (Wildman–Crippen LogP) is 2.91. The van der Waals surface area contributed by atoms with Crippen LogP contribution in [0.3, 0.4) is 0 Å². The van der Waals surface area contributed by atoms with Gasteiger partial charge in [0.2, 0.25) is 0 Å². The number of aliphatic imine (C=N–C) groups is 1. The Morgan fingerprint density at radius 3 is 2.53 bits per heavy atom. The molecule has 30 heavy (non-hydrogen) atoms. The second-order valence-corrected chi connectivity index (χ2v) is 7.80. The summed E-state index contributed by atoms with van der Waals surface area (Å²) in [5, 5.41) is 6.86. The lowest BCUT2D eigenvalue weighted by Gasteiger charge is -2.32. The fourth-order valence-electron chi connectivity index (χ4n) is 4.01. The van der Waals surface area contributed by atoms with Crippen molar-refractivity contribution in [3.63, 3.8) is 0 Å². The fraction of sp³-hybridized carbons (Fsp3) is 0.636. The van der Waals surface area contributed by atoms with Gasteiger partial charge in [-0.05, 0) is 50.7 Å². The van der Waals surface area contributed by atoms with Crippen LogP contribution in [0, 0.1) is 0 Å². The highest BCUT2D eigenvalue weighted by Crippen LogP contribution is 2.30. The molecule has 1 amide bonds. The Morgan fingerprint density at radius 2 is 1.90 bits per heavy atom. The summed E-state index contributed by atoms with van der Waals surface area (Å²) < 4.78 is 16.5. The van der Waals surface area contributed by atoms with E-state index in [2.05, 4.69) is 15.6 Å². The smallest absolute Gasteiger partial charge is 0.409 e. The number of benzene rings is 1. The number of rotatable bonds is 6. The highest BCUT2D eigenvalue weighted by Gasteiger charge is 2.24. The van der Waals surface area contributed by atoms with Gasteiger partial charge in [0, 0.05) is 44.4 Å². The van der Waals surface area contributed by atoms with Gasteiger partial charge in [0.15, 0.2) is 5.96 Å². The van der Waals surface area contributed by atoms with E-state index in [0.717, 1.165) is 48.7 Å². The Labute approximate surface area is 179 Å². The summed E-state index contributed by atoms with van der Waals surface area (Å²) in [5.41, 5.74) is 1.08. The number of hydrogen-bond acceptors (Lipinski definition) is 5. The minimum atomic E-state index is -0.259. The summed E-state index contributed by atoms with van der Waals surface area (Å²) >= 11 is 0. The predicted molar refractivity (Wildman–Crippen MR) is 116 cm³/mol. The van der Waals surface area contributed by atoms with Crippen LogP contribution in [0.4, 0.5) is 4.79 Å². The maximum atomic E-state index is 11.6. The molecule has 1 aromatic carbocycles. The van der Waals surface area contributed by atoms with Crippen LogP contribution < -0.4 is 20.1 Å². The number of likely N-dealkylation sites (tertiary alicyclic amines) is 1. The summed E-state index contributed by atoms with van der Waals surface area (Å²) in [4.78, 5) is 17.7. The number of nitrogens with zero attached hydrogens (tertiary/aromatic N) is 2. The molecular weight excluding hydrogens is 384 g/mol. The molecule has 1 aliphatic carbocycles. The van der Waals surface area contributed by atoms with E-state index in [4.69, 9.17) is 14.2 Å². The number of piperidine rings is 1. The third-order valence-electron chi connectivity index (χ3n) is 5.81. The van der Waals surface area contributed by atoms with E-state index in [1.54, 1.807) is 19.1 Å². The Balaban J connectivity index is 1.55. The van der Waals surface area contributed by atoms with Crippen molar-refractivity contribution >= 4 is 12.1 Å². The van der Waals surface area contributed by atoms with Gasteiger partial charge in [0.1, 0.15) is 11.5 Å². The molecule has 2 fully saturated rings. The third-order valence-corrected chi connectivity index (χ3v) is 5.81. The van der Waals surface area contributed by atoms with Crippen LogP contribution in [0.25, 0.3) is 0 Å². The topological polar surface area (TPSA) is 84.4 Å². The standard InChI is InChI=1S/C22H34N4O4/c1-23-21(25-17-10-12-26(13-11-17)22(27)29-3)24-15-16-8-9-19(28-2)14-20(16)30-18-6-4-5-7-18/h8-9,14,17-18H,4-7,10-13,15H2,1-3H3,(H2,23,24,25). The summed E-state index contributed by atoms with van der Waals surface area (Å²) in [6.45, 7) is 1.96. The van der Waals surface area contributed by atoms with Gasteiger partial charge >= 0.3 is 6.09 Å². The van der Waals surface area contributed by atoms with E-state index in [1.807, 2.05) is 18.2 Å². The van der Waals surface area contributed by atoms with E-state index >= 15 is 0 Å². The van der Waals surface area contributed by atoms with Crippen molar-refractivity contribution in [3.8, 4) is 11.5 Å². The van der Waals surface area contributed by atoms with Crippen LogP contribution in [0.15, 0.2) is 23.2 Å². The summed E-state index contributed by atoms with van der Waals surface area (Å²) in [5.74, 6) is 2.41. The second-order valence-electron chi connectivity index (χ2n) is 7.80. The summed E-state index contributed by atoms with van der Waals surface area (Å²) in [6, 6.07) is 6.23. The monoisotopic (exact) mass is 418 g/mol. The lowest BCUT2D eigenvalue weighted by Crippen LogP contribution is -2.49. The SMILES string of the molecule is CN=C(NCc1ccc(OC)cc1OC1CCCC1)NC1CCN(C(=O)OC)CC1. The van der Waals surface area contributed by atoms with Gasteiger partial charge in [0.05, 0.1) is 20.3 Å². The number of ether oxygens (including phenoxy) is 3. The fourth-order valence-corrected chi connectivity index (χ4v) is 4.01. The first-order chi connectivity index (χ1) is 14.6. The molecule has 0 spiro atoms. The zero-order valence-electron chi connectivity index (χ0n) is 18.3. The van der Waals surface area contributed by atoms with Crippen LogP contribution in [-0.2, 0) is 11.3 Å². The molecule has 8 nitrogen and oxygen atoms in total. The number of methoxy groups -OCH3 is 2. The minimum Gasteiger partial charge on any atom is -0.497 e. The zero-order valence-corrected chi connectivity index (χ0v) is 18.3. The number of nitrogens with one attached hydrogen (secondary N) is 2. The van der Waals surface area contributed by atoms with Gasteiger partial charge in [-0.25, -0.2) is 4.79 Å². The second kappa shape index (κ2) is 10.9. The summed E-state index contributed by atoms with van der Waals surface area (Å²) in [6.07, 6.45) is 6.41. The number of amides is 1. The van der Waals surface area contributed by atoms with Crippen molar-refractivity contribution in [1.29, 1.82) is 0 Å². The lowest BCUT2D eigenvalue weighted by molar-refractivity contribution is 0.111. The third kappa shape index (κ3) is 5.93. The minimum absolute atomic E-state index is 0.259. The van der Waals surface area contributed by atoms with Gasteiger partial charge in [-0.15, -0.1) is 0 Å². The average Bonchev–Trinajstić information content (AvgIpc) is 3.30. The van der Waals surface area contributed by atoms with Crippen molar-refractivity contribution in [3.05, 3.63) is 23.8 Å². The average molecular weight is 419 g/mol. The zero-order chi connectivity index (χ0) is 21.3. The number of hydrogen-bond donors (Lipinski definition) is 2. The largest absolute Gasteiger partial charge is 0.497 e. The van der Waals surface area contributed by atoms with Gasteiger partial charge < -0.3 is 29.7 Å². The van der Waals surface area contributed by atoms with Crippen molar-refractivity contribution in [2.75, 3.05) is 34.4 Å². The van der Waals surface area contributed by atoms with E-state index in [9.17, 15) is 4.79 Å². The molecule has 1 aliphatic heterocycles. The molecule has 0 atom stereocenters. The van der Waals surface area contributed by atoms with Gasteiger partial charge in [0.25, 0.3) is 0 Å². The summed E-state index contributed by atoms with van der Waals surface area (Å²) in [7, 11) is 4.86. The van der Waals surface area contributed by atoms with Crippen LogP contribution in [0.2, 0.25) is 0 Å². The van der Waals surface area contributed by atoms with E-state index < -0.39 is 0 Å². The van der Waals surface area contributed by atoms with Crippen molar-refractivity contribution < 1.29 is 19.0 Å². The molecule has 3 rings (SSSR count). The molecule has 1 aromatic rings. The molecule has 1 saturated heterocycles. The normalized spacial score (nSPS) is 18.2. The lowest BCUT2D eigenvalue weighted by atomic mass is 10.1. The highest BCUT2D eigenvalue weighted by atomic mass is 16.5. The van der Waals surface area contributed by atoms with Gasteiger partial charge in [-0.2, -0.15) is 0 Å². The van der Waals surface area contributed by atoms with Crippen molar-refractivity contribution in [1.82, 2.24) is 15.5 Å². The number of carbonyl (C=O) groups is 1. The molecule has 0 bridgehead atoms. The Morgan fingerprint density at radius 1 is 1.17 bits per heavy atom. The molecule has 1 saturated carbocycles. The molecule has 0 unspecified atom stereocenters. The first-order valence-electron chi connectivity index (χ1n) is 10.8. The number of carbonyl (C=O) groups excluding carboxylic acids is 1. The van der Waals surface area contributed by atoms with Gasteiger partial charge in [-0.1, -0.05) is 0 Å². The van der Waals surface area contributed by atoms with Crippen LogP contribution in [0.5, 0.6) is 11.5 Å². The Bertz CT molecular complexity index is 726. The van der Waals surface area contributed by atoms with E-state index in [0.29, 0.717) is 19.6 Å².